The minimum atomic E-state index is -0.371. The van der Waals surface area contributed by atoms with Crippen molar-refractivity contribution in [1.82, 2.24) is 9.47 Å². The number of carbonyl (C=O) groups is 2. The Bertz CT molecular complexity index is 1040. The third-order valence-corrected chi connectivity index (χ3v) is 5.18. The second kappa shape index (κ2) is 7.83. The number of rotatable bonds is 3. The lowest BCUT2D eigenvalue weighted by atomic mass is 10.1. The molecule has 0 saturated heterocycles. The minimum Gasteiger partial charge on any atom is -0.462 e. The summed E-state index contributed by atoms with van der Waals surface area (Å²) in [4.78, 5) is 26.7. The van der Waals surface area contributed by atoms with Crippen LogP contribution in [0, 0.1) is 0 Å². The fraction of sp³-hybridized carbons (Fsp3) is 0.217. The van der Waals surface area contributed by atoms with E-state index in [1.165, 1.54) is 0 Å². The average Bonchev–Trinajstić information content (AvgIpc) is 3.18. The molecule has 29 heavy (non-hydrogen) atoms. The van der Waals surface area contributed by atoms with E-state index in [0.29, 0.717) is 24.4 Å². The first kappa shape index (κ1) is 18.8. The number of fused-ring (bicyclic) bond motifs is 3. The Labute approximate surface area is 169 Å². The molecular formula is C23H23N3O3. The summed E-state index contributed by atoms with van der Waals surface area (Å²) in [5.74, 6) is -0.371. The van der Waals surface area contributed by atoms with Gasteiger partial charge in [0.25, 0.3) is 0 Å². The van der Waals surface area contributed by atoms with Gasteiger partial charge in [-0.2, -0.15) is 0 Å². The highest BCUT2D eigenvalue weighted by Gasteiger charge is 2.28. The lowest BCUT2D eigenvalue weighted by Gasteiger charge is -2.27. The third kappa shape index (κ3) is 3.61. The first-order valence-electron chi connectivity index (χ1n) is 9.69. The fourth-order valence-corrected chi connectivity index (χ4v) is 3.66. The van der Waals surface area contributed by atoms with E-state index in [1.54, 1.807) is 31.2 Å². The van der Waals surface area contributed by atoms with Gasteiger partial charge < -0.3 is 19.5 Å². The number of benzene rings is 2. The van der Waals surface area contributed by atoms with E-state index in [4.69, 9.17) is 4.74 Å². The van der Waals surface area contributed by atoms with Crippen molar-refractivity contribution in [2.45, 2.75) is 26.4 Å². The third-order valence-electron chi connectivity index (χ3n) is 5.18. The highest BCUT2D eigenvalue weighted by molar-refractivity contribution is 5.92. The molecule has 2 heterocycles. The number of hydrogen-bond donors (Lipinski definition) is 1. The fourth-order valence-electron chi connectivity index (χ4n) is 3.66. The number of amides is 2. The number of anilines is 1. The SMILES string of the molecule is CCOC(=O)c1ccc(NC(=O)N2Cc3ccccc3-n3cccc3[C@@H]2C)cc1. The minimum absolute atomic E-state index is 0.101. The van der Waals surface area contributed by atoms with Crippen LogP contribution < -0.4 is 5.32 Å². The molecule has 148 valence electrons. The molecule has 1 aromatic heterocycles. The topological polar surface area (TPSA) is 63.6 Å². The molecule has 1 aliphatic heterocycles. The normalized spacial score (nSPS) is 15.1. The van der Waals surface area contributed by atoms with Crippen LogP contribution in [0.3, 0.4) is 0 Å². The van der Waals surface area contributed by atoms with Gasteiger partial charge in [0.15, 0.2) is 0 Å². The van der Waals surface area contributed by atoms with Crippen molar-refractivity contribution in [1.29, 1.82) is 0 Å². The first-order valence-corrected chi connectivity index (χ1v) is 9.69. The molecule has 0 spiro atoms. The van der Waals surface area contributed by atoms with Crippen LogP contribution in [-0.4, -0.2) is 28.1 Å². The summed E-state index contributed by atoms with van der Waals surface area (Å²) in [6, 6.07) is 18.6. The maximum atomic E-state index is 13.1. The largest absolute Gasteiger partial charge is 0.462 e. The standard InChI is InChI=1S/C23H23N3O3/c1-3-29-22(27)17-10-12-19(13-11-17)24-23(28)26-15-18-7-4-5-8-21(18)25-14-6-9-20(25)16(26)2/h4-14,16H,3,15H2,1-2H3,(H,24,28)/t16-/m0/s1. The van der Waals surface area contributed by atoms with Gasteiger partial charge in [-0.1, -0.05) is 18.2 Å². The Kier molecular flexibility index (Phi) is 5.08. The van der Waals surface area contributed by atoms with Crippen LogP contribution in [0.5, 0.6) is 0 Å². The lowest BCUT2D eigenvalue weighted by Crippen LogP contribution is -2.36. The van der Waals surface area contributed by atoms with Gasteiger partial charge in [-0.05, 0) is 61.9 Å². The molecular weight excluding hydrogens is 366 g/mol. The van der Waals surface area contributed by atoms with Crippen LogP contribution in [0.1, 0.15) is 41.5 Å². The Hall–Kier alpha value is -3.54. The van der Waals surface area contributed by atoms with Gasteiger partial charge in [-0.15, -0.1) is 0 Å². The van der Waals surface area contributed by atoms with Crippen molar-refractivity contribution < 1.29 is 14.3 Å². The summed E-state index contributed by atoms with van der Waals surface area (Å²) in [6.07, 6.45) is 2.03. The molecule has 0 unspecified atom stereocenters. The van der Waals surface area contributed by atoms with Crippen molar-refractivity contribution >= 4 is 17.7 Å². The second-order valence-electron chi connectivity index (χ2n) is 6.96. The van der Waals surface area contributed by atoms with Gasteiger partial charge in [-0.3, -0.25) is 0 Å². The molecule has 3 aromatic rings. The van der Waals surface area contributed by atoms with Gasteiger partial charge in [0.2, 0.25) is 0 Å². The number of carbonyl (C=O) groups excluding carboxylic acids is 2. The van der Waals surface area contributed by atoms with Crippen LogP contribution in [0.15, 0.2) is 66.9 Å². The van der Waals surface area contributed by atoms with E-state index in [0.717, 1.165) is 16.9 Å². The van der Waals surface area contributed by atoms with Gasteiger partial charge in [0.1, 0.15) is 0 Å². The van der Waals surface area contributed by atoms with Crippen LogP contribution >= 0.6 is 0 Å². The highest BCUT2D eigenvalue weighted by atomic mass is 16.5. The van der Waals surface area contributed by atoms with E-state index in [1.807, 2.05) is 48.4 Å². The molecule has 2 aromatic carbocycles. The number of ether oxygens (including phenoxy) is 1. The van der Waals surface area contributed by atoms with E-state index in [9.17, 15) is 9.59 Å². The van der Waals surface area contributed by atoms with Crippen molar-refractivity contribution in [2.24, 2.45) is 0 Å². The quantitative estimate of drug-likeness (QED) is 0.657. The smallest absolute Gasteiger partial charge is 0.338 e. The predicted molar refractivity (Wildman–Crippen MR) is 111 cm³/mol. The van der Waals surface area contributed by atoms with Gasteiger partial charge in [-0.25, -0.2) is 9.59 Å². The van der Waals surface area contributed by atoms with Crippen LogP contribution in [0.4, 0.5) is 10.5 Å². The average molecular weight is 389 g/mol. The molecule has 1 aliphatic rings. The van der Waals surface area contributed by atoms with Crippen LogP contribution in [-0.2, 0) is 11.3 Å². The molecule has 6 heteroatoms. The molecule has 1 atom stereocenters. The number of nitrogens with zero attached hydrogens (tertiary/aromatic N) is 2. The number of aromatic nitrogens is 1. The molecule has 0 radical (unpaired) electrons. The Balaban J connectivity index is 1.57. The predicted octanol–water partition coefficient (Wildman–Crippen LogP) is 4.76. The van der Waals surface area contributed by atoms with Crippen LogP contribution in [0.25, 0.3) is 5.69 Å². The summed E-state index contributed by atoms with van der Waals surface area (Å²) < 4.78 is 7.13. The van der Waals surface area contributed by atoms with Crippen molar-refractivity contribution in [3.63, 3.8) is 0 Å². The van der Waals surface area contributed by atoms with Crippen molar-refractivity contribution in [3.8, 4) is 5.69 Å². The Morgan fingerprint density at radius 2 is 1.83 bits per heavy atom. The van der Waals surface area contributed by atoms with Gasteiger partial charge in [0.05, 0.1) is 30.4 Å². The molecule has 0 aliphatic carbocycles. The molecule has 2 amide bonds. The molecule has 6 nitrogen and oxygen atoms in total. The summed E-state index contributed by atoms with van der Waals surface area (Å²) in [7, 11) is 0. The lowest BCUT2D eigenvalue weighted by molar-refractivity contribution is 0.0526. The van der Waals surface area contributed by atoms with Crippen molar-refractivity contribution in [3.05, 3.63) is 83.7 Å². The number of para-hydroxylation sites is 1. The molecule has 4 rings (SSSR count). The molecule has 1 N–H and O–H groups in total. The van der Waals surface area contributed by atoms with E-state index < -0.39 is 0 Å². The zero-order chi connectivity index (χ0) is 20.4. The number of urea groups is 1. The van der Waals surface area contributed by atoms with Crippen molar-refractivity contribution in [2.75, 3.05) is 11.9 Å². The second-order valence-corrected chi connectivity index (χ2v) is 6.96. The van der Waals surface area contributed by atoms with Gasteiger partial charge in [0, 0.05) is 17.6 Å². The summed E-state index contributed by atoms with van der Waals surface area (Å²) in [5.41, 5.74) is 4.32. The zero-order valence-electron chi connectivity index (χ0n) is 16.5. The monoisotopic (exact) mass is 389 g/mol. The molecule has 0 fully saturated rings. The zero-order valence-corrected chi connectivity index (χ0v) is 16.5. The maximum Gasteiger partial charge on any atom is 0.338 e. The number of nitrogens with one attached hydrogen (secondary N) is 1. The highest BCUT2D eigenvalue weighted by Crippen LogP contribution is 2.32. The molecule has 0 saturated carbocycles. The molecule has 0 bridgehead atoms. The van der Waals surface area contributed by atoms with Crippen LogP contribution in [0.2, 0.25) is 0 Å². The first-order chi connectivity index (χ1) is 14.1. The summed E-state index contributed by atoms with van der Waals surface area (Å²) >= 11 is 0. The maximum absolute atomic E-state index is 13.1. The Morgan fingerprint density at radius 1 is 1.07 bits per heavy atom. The number of esters is 1. The Morgan fingerprint density at radius 3 is 2.59 bits per heavy atom. The van der Waals surface area contributed by atoms with E-state index in [2.05, 4.69) is 16.0 Å². The van der Waals surface area contributed by atoms with E-state index in [-0.39, 0.29) is 18.0 Å². The summed E-state index contributed by atoms with van der Waals surface area (Å²) in [5, 5.41) is 2.95. The number of hydrogen-bond acceptors (Lipinski definition) is 3. The summed E-state index contributed by atoms with van der Waals surface area (Å²) in [6.45, 7) is 4.63. The van der Waals surface area contributed by atoms with E-state index >= 15 is 0 Å². The van der Waals surface area contributed by atoms with Gasteiger partial charge >= 0.3 is 12.0 Å².